The van der Waals surface area contributed by atoms with Crippen LogP contribution in [0.3, 0.4) is 0 Å². The standard InChI is InChI=1S/C47H76NO8P/c1-3-5-7-9-11-13-15-17-19-21-22-24-25-27-29-31-33-35-37-39-46(49)53-43-45(44-55-57(51,52)54-42-41-48)56-47(50)40-38-36-34-32-30-28-26-23-20-18-16-14-12-10-8-6-4-2/h5-8,11-14,17-20,22,24,26,28,32,34,45H,3-4,9-10,15-16,21,23,25,27,29-31,33,35-44,48H2,1-2H3,(H,51,52)/b7-5-,8-6-,13-11-,14-12-,19-17-,20-18-,24-22-,28-26-,34-32-. The van der Waals surface area contributed by atoms with Crippen LogP contribution in [-0.4, -0.2) is 49.3 Å². The highest BCUT2D eigenvalue weighted by Crippen LogP contribution is 2.43. The quantitative estimate of drug-likeness (QED) is 0.0270. The van der Waals surface area contributed by atoms with Crippen LogP contribution in [0.25, 0.3) is 0 Å². The molecule has 9 nitrogen and oxygen atoms in total. The third-order valence-electron chi connectivity index (χ3n) is 8.15. The molecule has 0 aliphatic heterocycles. The Morgan fingerprint density at radius 1 is 0.526 bits per heavy atom. The second-order valence-corrected chi connectivity index (χ2v) is 14.9. The minimum atomic E-state index is -4.40. The van der Waals surface area contributed by atoms with Crippen molar-refractivity contribution in [2.24, 2.45) is 5.73 Å². The number of unbranched alkanes of at least 4 members (excludes halogenated alkanes) is 7. The number of nitrogens with two attached hydrogens (primary N) is 1. The molecule has 0 heterocycles. The lowest BCUT2D eigenvalue weighted by molar-refractivity contribution is -0.161. The van der Waals surface area contributed by atoms with Gasteiger partial charge in [0, 0.05) is 19.4 Å². The molecule has 0 spiro atoms. The van der Waals surface area contributed by atoms with Crippen molar-refractivity contribution >= 4 is 19.8 Å². The second kappa shape index (κ2) is 42.3. The molecular weight excluding hydrogens is 737 g/mol. The van der Waals surface area contributed by atoms with E-state index in [-0.39, 0.29) is 32.6 Å². The molecule has 10 heteroatoms. The number of ether oxygens (including phenoxy) is 2. The van der Waals surface area contributed by atoms with Gasteiger partial charge in [-0.05, 0) is 89.9 Å². The summed E-state index contributed by atoms with van der Waals surface area (Å²) in [5.74, 6) is -0.926. The zero-order valence-electron chi connectivity index (χ0n) is 35.3. The molecule has 322 valence electrons. The van der Waals surface area contributed by atoms with Crippen molar-refractivity contribution in [1.82, 2.24) is 0 Å². The van der Waals surface area contributed by atoms with E-state index in [0.717, 1.165) is 96.3 Å². The molecule has 0 aliphatic rings. The van der Waals surface area contributed by atoms with E-state index >= 15 is 0 Å². The molecule has 0 radical (unpaired) electrons. The smallest absolute Gasteiger partial charge is 0.462 e. The lowest BCUT2D eigenvalue weighted by Gasteiger charge is -2.19. The van der Waals surface area contributed by atoms with E-state index in [0.29, 0.717) is 19.3 Å². The summed E-state index contributed by atoms with van der Waals surface area (Å²) in [5, 5.41) is 0. The summed E-state index contributed by atoms with van der Waals surface area (Å²) in [5.41, 5.74) is 5.34. The molecule has 3 N–H and O–H groups in total. The molecule has 0 rings (SSSR count). The monoisotopic (exact) mass is 814 g/mol. The third-order valence-corrected chi connectivity index (χ3v) is 9.14. The first-order valence-corrected chi connectivity index (χ1v) is 22.9. The van der Waals surface area contributed by atoms with Crippen molar-refractivity contribution in [3.63, 3.8) is 0 Å². The van der Waals surface area contributed by atoms with Gasteiger partial charge in [-0.1, -0.05) is 149 Å². The molecule has 0 saturated heterocycles. The number of phosphoric acid groups is 1. The van der Waals surface area contributed by atoms with Crippen molar-refractivity contribution in [3.8, 4) is 0 Å². The van der Waals surface area contributed by atoms with Crippen LogP contribution in [-0.2, 0) is 32.7 Å². The van der Waals surface area contributed by atoms with Crippen LogP contribution in [0.2, 0.25) is 0 Å². The highest BCUT2D eigenvalue weighted by atomic mass is 31.2. The topological polar surface area (TPSA) is 134 Å². The molecule has 2 atom stereocenters. The maximum atomic E-state index is 12.6. The van der Waals surface area contributed by atoms with Crippen molar-refractivity contribution < 1.29 is 37.6 Å². The van der Waals surface area contributed by atoms with Gasteiger partial charge in [0.25, 0.3) is 0 Å². The largest absolute Gasteiger partial charge is 0.472 e. The number of carbonyl (C=O) groups is 2. The highest BCUT2D eigenvalue weighted by Gasteiger charge is 2.25. The van der Waals surface area contributed by atoms with Crippen LogP contribution in [0.1, 0.15) is 142 Å². The Bertz CT molecular complexity index is 1290. The molecule has 0 aromatic heterocycles. The van der Waals surface area contributed by atoms with Crippen LogP contribution in [0, 0.1) is 0 Å². The fourth-order valence-corrected chi connectivity index (χ4v) is 5.84. The number of rotatable bonds is 38. The average Bonchev–Trinajstić information content (AvgIpc) is 3.20. The van der Waals surface area contributed by atoms with Gasteiger partial charge in [0.2, 0.25) is 0 Å². The van der Waals surface area contributed by atoms with E-state index in [1.165, 1.54) is 0 Å². The Morgan fingerprint density at radius 3 is 1.40 bits per heavy atom. The van der Waals surface area contributed by atoms with Crippen molar-refractivity contribution in [2.75, 3.05) is 26.4 Å². The van der Waals surface area contributed by atoms with Crippen LogP contribution in [0.5, 0.6) is 0 Å². The Kier molecular flexibility index (Phi) is 39.8. The summed E-state index contributed by atoms with van der Waals surface area (Å²) in [6.07, 6.45) is 55.5. The first kappa shape index (κ1) is 53.7. The highest BCUT2D eigenvalue weighted by molar-refractivity contribution is 7.47. The molecule has 0 bridgehead atoms. The van der Waals surface area contributed by atoms with E-state index < -0.39 is 32.5 Å². The lowest BCUT2D eigenvalue weighted by Crippen LogP contribution is -2.29. The van der Waals surface area contributed by atoms with E-state index in [2.05, 4.69) is 117 Å². The van der Waals surface area contributed by atoms with Crippen LogP contribution >= 0.6 is 7.82 Å². The molecule has 0 amide bonds. The van der Waals surface area contributed by atoms with Crippen LogP contribution in [0.4, 0.5) is 0 Å². The third kappa shape index (κ3) is 42.1. The van der Waals surface area contributed by atoms with E-state index in [4.69, 9.17) is 24.3 Å². The Labute approximate surface area is 346 Å². The van der Waals surface area contributed by atoms with Crippen molar-refractivity contribution in [1.29, 1.82) is 0 Å². The first-order chi connectivity index (χ1) is 27.8. The molecule has 0 aliphatic carbocycles. The number of hydrogen-bond donors (Lipinski definition) is 2. The molecular formula is C47H76NO8P. The van der Waals surface area contributed by atoms with Gasteiger partial charge in [-0.15, -0.1) is 0 Å². The van der Waals surface area contributed by atoms with Gasteiger partial charge in [-0.2, -0.15) is 0 Å². The molecule has 2 unspecified atom stereocenters. The van der Waals surface area contributed by atoms with Gasteiger partial charge in [-0.3, -0.25) is 18.6 Å². The summed E-state index contributed by atoms with van der Waals surface area (Å²) >= 11 is 0. The van der Waals surface area contributed by atoms with Gasteiger partial charge in [0.1, 0.15) is 6.61 Å². The second-order valence-electron chi connectivity index (χ2n) is 13.4. The minimum absolute atomic E-state index is 0.0356. The lowest BCUT2D eigenvalue weighted by atomic mass is 10.1. The number of allylic oxidation sites excluding steroid dienone is 18. The fourth-order valence-electron chi connectivity index (χ4n) is 5.07. The molecule has 0 aromatic carbocycles. The zero-order chi connectivity index (χ0) is 41.8. The Morgan fingerprint density at radius 2 is 0.930 bits per heavy atom. The maximum absolute atomic E-state index is 12.6. The Hall–Kier alpha value is -3.33. The van der Waals surface area contributed by atoms with E-state index in [1.54, 1.807) is 0 Å². The van der Waals surface area contributed by atoms with Crippen molar-refractivity contribution in [2.45, 2.75) is 148 Å². The van der Waals surface area contributed by atoms with E-state index in [1.807, 2.05) is 6.08 Å². The zero-order valence-corrected chi connectivity index (χ0v) is 36.2. The van der Waals surface area contributed by atoms with Gasteiger partial charge in [0.05, 0.1) is 13.2 Å². The van der Waals surface area contributed by atoms with Crippen LogP contribution in [0.15, 0.2) is 109 Å². The van der Waals surface area contributed by atoms with Gasteiger partial charge in [0.15, 0.2) is 6.10 Å². The molecule has 0 fully saturated rings. The number of hydrogen-bond acceptors (Lipinski definition) is 8. The van der Waals surface area contributed by atoms with Gasteiger partial charge >= 0.3 is 19.8 Å². The van der Waals surface area contributed by atoms with Gasteiger partial charge < -0.3 is 20.1 Å². The fraction of sp³-hybridized carbons (Fsp3) is 0.574. The number of carbonyl (C=O) groups excluding carboxylic acids is 2. The summed E-state index contributed by atoms with van der Waals surface area (Å²) in [7, 11) is -4.40. The number of phosphoric ester groups is 1. The Balaban J connectivity index is 4.30. The maximum Gasteiger partial charge on any atom is 0.472 e. The molecule has 0 saturated carbocycles. The van der Waals surface area contributed by atoms with Crippen LogP contribution < -0.4 is 5.73 Å². The SMILES string of the molecule is CC/C=C\C/C=C\C/C=C\C/C=C\C/C=C\CCCC(=O)OC(COC(=O)CCCCCCCC/C=C\C/C=C\C/C=C\C/C=C\CC)COP(=O)(O)OCCN. The first-order valence-electron chi connectivity index (χ1n) is 21.4. The minimum Gasteiger partial charge on any atom is -0.462 e. The molecule has 0 aromatic rings. The summed E-state index contributed by atoms with van der Waals surface area (Å²) < 4.78 is 32.7. The number of esters is 2. The summed E-state index contributed by atoms with van der Waals surface area (Å²) in [4.78, 5) is 34.9. The average molecular weight is 814 g/mol. The predicted octanol–water partition coefficient (Wildman–Crippen LogP) is 12.4. The van der Waals surface area contributed by atoms with Crippen molar-refractivity contribution in [3.05, 3.63) is 109 Å². The van der Waals surface area contributed by atoms with Gasteiger partial charge in [-0.25, -0.2) is 4.57 Å². The summed E-state index contributed by atoms with van der Waals surface area (Å²) in [6, 6.07) is 0. The summed E-state index contributed by atoms with van der Waals surface area (Å²) in [6.45, 7) is 3.39. The molecule has 57 heavy (non-hydrogen) atoms. The normalized spacial score (nSPS) is 14.4. The predicted molar refractivity (Wildman–Crippen MR) is 238 cm³/mol. The van der Waals surface area contributed by atoms with E-state index in [9.17, 15) is 19.0 Å².